The number of ketones is 1. The van der Waals surface area contributed by atoms with E-state index in [2.05, 4.69) is 15.9 Å². The van der Waals surface area contributed by atoms with Crippen LogP contribution in [0.3, 0.4) is 0 Å². The number of aliphatic carboxylic acids is 1. The Kier molecular flexibility index (Phi) is 5.71. The van der Waals surface area contributed by atoms with E-state index in [0.29, 0.717) is 11.3 Å². The lowest BCUT2D eigenvalue weighted by molar-refractivity contribution is -0.144. The van der Waals surface area contributed by atoms with Crippen LogP contribution in [0.1, 0.15) is 22.8 Å². The predicted molar refractivity (Wildman–Crippen MR) is 91.7 cm³/mol. The van der Waals surface area contributed by atoms with Crippen molar-refractivity contribution in [3.63, 3.8) is 0 Å². The van der Waals surface area contributed by atoms with E-state index in [0.717, 1.165) is 10.0 Å². The molecule has 1 unspecified atom stereocenters. The standard InChI is InChI=1S/C18H15BrO4/c1-12(18(21)22)23-16-9-5-14(6-10-16)17(20)11-4-13-2-7-15(19)8-3-13/h2-12H,1H3,(H,21,22). The van der Waals surface area contributed by atoms with Gasteiger partial charge < -0.3 is 9.84 Å². The van der Waals surface area contributed by atoms with E-state index in [9.17, 15) is 9.59 Å². The van der Waals surface area contributed by atoms with Gasteiger partial charge in [0.05, 0.1) is 0 Å². The van der Waals surface area contributed by atoms with E-state index in [1.54, 1.807) is 30.3 Å². The van der Waals surface area contributed by atoms with Crippen LogP contribution in [0.2, 0.25) is 0 Å². The number of carboxylic acid groups (broad SMARTS) is 1. The van der Waals surface area contributed by atoms with E-state index >= 15 is 0 Å². The summed E-state index contributed by atoms with van der Waals surface area (Å²) in [6, 6.07) is 14.0. The van der Waals surface area contributed by atoms with Gasteiger partial charge in [0.1, 0.15) is 5.75 Å². The summed E-state index contributed by atoms with van der Waals surface area (Å²) in [7, 11) is 0. The molecule has 0 radical (unpaired) electrons. The predicted octanol–water partition coefficient (Wildman–Crippen LogP) is 4.20. The van der Waals surface area contributed by atoms with Gasteiger partial charge in [-0.05, 0) is 55.0 Å². The molecule has 1 N–H and O–H groups in total. The fraction of sp³-hybridized carbons (Fsp3) is 0.111. The van der Waals surface area contributed by atoms with Crippen LogP contribution in [0.25, 0.3) is 6.08 Å². The van der Waals surface area contributed by atoms with Crippen LogP contribution in [-0.2, 0) is 4.79 Å². The molecular formula is C18H15BrO4. The minimum absolute atomic E-state index is 0.134. The summed E-state index contributed by atoms with van der Waals surface area (Å²) in [6.45, 7) is 1.45. The molecule has 1 atom stereocenters. The van der Waals surface area contributed by atoms with Crippen LogP contribution in [0.15, 0.2) is 59.1 Å². The fourth-order valence-electron chi connectivity index (χ4n) is 1.79. The van der Waals surface area contributed by atoms with Gasteiger partial charge in [-0.2, -0.15) is 0 Å². The Morgan fingerprint density at radius 2 is 1.70 bits per heavy atom. The second-order valence-electron chi connectivity index (χ2n) is 4.87. The third-order valence-electron chi connectivity index (χ3n) is 3.10. The highest BCUT2D eigenvalue weighted by Gasteiger charge is 2.12. The molecule has 0 saturated heterocycles. The summed E-state index contributed by atoms with van der Waals surface area (Å²) in [5, 5.41) is 8.79. The number of ether oxygens (including phenoxy) is 1. The quantitative estimate of drug-likeness (QED) is 0.607. The Bertz CT molecular complexity index is 718. The number of halogens is 1. The summed E-state index contributed by atoms with van der Waals surface area (Å²) < 4.78 is 6.20. The van der Waals surface area contributed by atoms with E-state index in [1.807, 2.05) is 24.3 Å². The zero-order valence-corrected chi connectivity index (χ0v) is 14.0. The maximum Gasteiger partial charge on any atom is 0.344 e. The normalized spacial score (nSPS) is 12.1. The molecule has 5 heteroatoms. The average Bonchev–Trinajstić information content (AvgIpc) is 2.54. The van der Waals surface area contributed by atoms with Crippen molar-refractivity contribution in [2.24, 2.45) is 0 Å². The highest BCUT2D eigenvalue weighted by atomic mass is 79.9. The smallest absolute Gasteiger partial charge is 0.344 e. The number of carbonyl (C=O) groups excluding carboxylic acids is 1. The van der Waals surface area contributed by atoms with Crippen LogP contribution < -0.4 is 4.74 Å². The summed E-state index contributed by atoms with van der Waals surface area (Å²) in [5.74, 6) is -0.762. The first-order valence-electron chi connectivity index (χ1n) is 6.93. The first-order valence-corrected chi connectivity index (χ1v) is 7.72. The van der Waals surface area contributed by atoms with Crippen molar-refractivity contribution in [1.82, 2.24) is 0 Å². The van der Waals surface area contributed by atoms with Crippen LogP contribution in [0, 0.1) is 0 Å². The monoisotopic (exact) mass is 374 g/mol. The fourth-order valence-corrected chi connectivity index (χ4v) is 2.06. The maximum absolute atomic E-state index is 12.1. The second-order valence-corrected chi connectivity index (χ2v) is 5.79. The van der Waals surface area contributed by atoms with E-state index in [-0.39, 0.29) is 5.78 Å². The molecule has 118 valence electrons. The molecular weight excluding hydrogens is 360 g/mol. The van der Waals surface area contributed by atoms with Crippen molar-refractivity contribution < 1.29 is 19.4 Å². The Morgan fingerprint density at radius 1 is 1.09 bits per heavy atom. The van der Waals surface area contributed by atoms with Crippen LogP contribution in [0.5, 0.6) is 5.75 Å². The average molecular weight is 375 g/mol. The van der Waals surface area contributed by atoms with Crippen molar-refractivity contribution in [3.05, 3.63) is 70.2 Å². The Morgan fingerprint density at radius 3 is 2.26 bits per heavy atom. The van der Waals surface area contributed by atoms with Gasteiger partial charge in [-0.3, -0.25) is 4.79 Å². The molecule has 2 rings (SSSR count). The summed E-state index contributed by atoms with van der Waals surface area (Å²) >= 11 is 3.36. The molecule has 2 aromatic carbocycles. The number of allylic oxidation sites excluding steroid dienone is 1. The van der Waals surface area contributed by atoms with Crippen molar-refractivity contribution in [3.8, 4) is 5.75 Å². The molecule has 0 spiro atoms. The lowest BCUT2D eigenvalue weighted by Crippen LogP contribution is -2.22. The van der Waals surface area contributed by atoms with Crippen molar-refractivity contribution in [1.29, 1.82) is 0 Å². The molecule has 0 aromatic heterocycles. The van der Waals surface area contributed by atoms with Crippen LogP contribution >= 0.6 is 15.9 Å². The highest BCUT2D eigenvalue weighted by molar-refractivity contribution is 9.10. The Hall–Kier alpha value is -2.40. The molecule has 0 amide bonds. The first kappa shape index (κ1) is 17.0. The number of rotatable bonds is 6. The topological polar surface area (TPSA) is 63.6 Å². The third kappa shape index (κ3) is 5.07. The highest BCUT2D eigenvalue weighted by Crippen LogP contribution is 2.16. The van der Waals surface area contributed by atoms with Gasteiger partial charge in [0, 0.05) is 10.0 Å². The molecule has 0 heterocycles. The van der Waals surface area contributed by atoms with E-state index in [1.165, 1.54) is 13.0 Å². The number of hydrogen-bond donors (Lipinski definition) is 1. The molecule has 23 heavy (non-hydrogen) atoms. The minimum atomic E-state index is -1.04. The molecule has 0 fully saturated rings. The van der Waals surface area contributed by atoms with Crippen molar-refractivity contribution in [2.75, 3.05) is 0 Å². The lowest BCUT2D eigenvalue weighted by atomic mass is 10.1. The summed E-state index contributed by atoms with van der Waals surface area (Å²) in [6.07, 6.45) is 2.30. The molecule has 2 aromatic rings. The zero-order valence-electron chi connectivity index (χ0n) is 12.4. The maximum atomic E-state index is 12.1. The Balaban J connectivity index is 2.02. The van der Waals surface area contributed by atoms with Gasteiger partial charge in [-0.1, -0.05) is 34.1 Å². The SMILES string of the molecule is CC(Oc1ccc(C(=O)C=Cc2ccc(Br)cc2)cc1)C(=O)O. The van der Waals surface area contributed by atoms with Crippen LogP contribution in [-0.4, -0.2) is 23.0 Å². The molecule has 0 aliphatic rings. The molecule has 4 nitrogen and oxygen atoms in total. The largest absolute Gasteiger partial charge is 0.479 e. The number of carbonyl (C=O) groups is 2. The minimum Gasteiger partial charge on any atom is -0.479 e. The molecule has 0 aliphatic heterocycles. The van der Waals surface area contributed by atoms with E-state index < -0.39 is 12.1 Å². The lowest BCUT2D eigenvalue weighted by Gasteiger charge is -2.10. The van der Waals surface area contributed by atoms with Gasteiger partial charge in [0.2, 0.25) is 0 Å². The van der Waals surface area contributed by atoms with Gasteiger partial charge in [0.25, 0.3) is 0 Å². The van der Waals surface area contributed by atoms with Crippen molar-refractivity contribution in [2.45, 2.75) is 13.0 Å². The molecule has 0 aliphatic carbocycles. The number of carboxylic acids is 1. The second kappa shape index (κ2) is 7.74. The van der Waals surface area contributed by atoms with E-state index in [4.69, 9.17) is 9.84 Å². The van der Waals surface area contributed by atoms with Gasteiger partial charge in [0.15, 0.2) is 11.9 Å². The number of benzene rings is 2. The van der Waals surface area contributed by atoms with Gasteiger partial charge >= 0.3 is 5.97 Å². The van der Waals surface area contributed by atoms with Gasteiger partial charge in [-0.15, -0.1) is 0 Å². The van der Waals surface area contributed by atoms with Gasteiger partial charge in [-0.25, -0.2) is 4.79 Å². The van der Waals surface area contributed by atoms with Crippen LogP contribution in [0.4, 0.5) is 0 Å². The number of hydrogen-bond acceptors (Lipinski definition) is 3. The molecule has 0 saturated carbocycles. The molecule has 0 bridgehead atoms. The first-order chi connectivity index (χ1) is 11.0. The third-order valence-corrected chi connectivity index (χ3v) is 3.63. The summed E-state index contributed by atoms with van der Waals surface area (Å²) in [4.78, 5) is 22.8. The van der Waals surface area contributed by atoms with Crippen molar-refractivity contribution >= 4 is 33.8 Å². The zero-order chi connectivity index (χ0) is 16.8. The Labute approximate surface area is 142 Å². The summed E-state index contributed by atoms with van der Waals surface area (Å²) in [5.41, 5.74) is 1.44.